The Hall–Kier alpha value is 0.270. The summed E-state index contributed by atoms with van der Waals surface area (Å²) in [7, 11) is 0. The van der Waals surface area contributed by atoms with Gasteiger partial charge in [0.15, 0.2) is 0 Å². The second-order valence-electron chi connectivity index (χ2n) is 2.75. The van der Waals surface area contributed by atoms with E-state index in [9.17, 15) is 0 Å². The van der Waals surface area contributed by atoms with E-state index in [-0.39, 0.29) is 0 Å². The van der Waals surface area contributed by atoms with Gasteiger partial charge in [-0.1, -0.05) is 0 Å². The minimum absolute atomic E-state index is 0.332. The Balaban J connectivity index is 2.13. The Labute approximate surface area is 72.6 Å². The maximum atomic E-state index is 5.72. The van der Waals surface area contributed by atoms with Crippen molar-refractivity contribution in [2.24, 2.45) is 0 Å². The lowest BCUT2D eigenvalue weighted by Crippen LogP contribution is -2.25. The van der Waals surface area contributed by atoms with E-state index in [2.05, 4.69) is 13.2 Å². The summed E-state index contributed by atoms with van der Waals surface area (Å²) < 4.78 is 11.0. The quantitative estimate of drug-likeness (QED) is 0.612. The Morgan fingerprint density at radius 1 is 1.45 bits per heavy atom. The van der Waals surface area contributed by atoms with Gasteiger partial charge in [0.2, 0.25) is 0 Å². The van der Waals surface area contributed by atoms with Crippen molar-refractivity contribution >= 4 is 11.8 Å². The first-order valence-corrected chi connectivity index (χ1v) is 5.37. The van der Waals surface area contributed by atoms with E-state index in [1.807, 2.05) is 0 Å². The monoisotopic (exact) mass is 176 g/mol. The SMILES string of the molecule is CSC(C)OC1CCOCC1. The van der Waals surface area contributed by atoms with Crippen molar-refractivity contribution in [1.29, 1.82) is 0 Å². The number of rotatable bonds is 3. The number of thioether (sulfide) groups is 1. The highest BCUT2D eigenvalue weighted by molar-refractivity contribution is 7.99. The zero-order valence-corrected chi connectivity index (χ0v) is 8.02. The number of ether oxygens (including phenoxy) is 2. The average molecular weight is 176 g/mol. The summed E-state index contributed by atoms with van der Waals surface area (Å²) >= 11 is 1.76. The molecule has 1 fully saturated rings. The molecule has 2 nitrogen and oxygen atoms in total. The summed E-state index contributed by atoms with van der Waals surface area (Å²) in [5.41, 5.74) is 0.332. The third-order valence-electron chi connectivity index (χ3n) is 1.88. The lowest BCUT2D eigenvalue weighted by Gasteiger charge is -2.24. The molecule has 0 amide bonds. The van der Waals surface area contributed by atoms with Crippen molar-refractivity contribution in [3.8, 4) is 0 Å². The molecule has 1 heterocycles. The molecule has 66 valence electrons. The smallest absolute Gasteiger partial charge is 0.100 e. The third-order valence-corrected chi connectivity index (χ3v) is 2.66. The van der Waals surface area contributed by atoms with Gasteiger partial charge in [-0.2, -0.15) is 0 Å². The lowest BCUT2D eigenvalue weighted by atomic mass is 10.2. The maximum absolute atomic E-state index is 5.72. The van der Waals surface area contributed by atoms with Crippen molar-refractivity contribution in [2.45, 2.75) is 31.3 Å². The molecule has 0 aromatic heterocycles. The fourth-order valence-electron chi connectivity index (χ4n) is 1.14. The second kappa shape index (κ2) is 5.01. The summed E-state index contributed by atoms with van der Waals surface area (Å²) in [6.45, 7) is 3.83. The Kier molecular flexibility index (Phi) is 4.26. The van der Waals surface area contributed by atoms with E-state index in [0.717, 1.165) is 26.1 Å². The second-order valence-corrected chi connectivity index (χ2v) is 3.89. The molecule has 0 aliphatic carbocycles. The van der Waals surface area contributed by atoms with Crippen LogP contribution in [0.3, 0.4) is 0 Å². The standard InChI is InChI=1S/C8H16O2S/c1-7(11-2)10-8-3-5-9-6-4-8/h7-8H,3-6H2,1-2H3. The van der Waals surface area contributed by atoms with Crippen LogP contribution in [0.5, 0.6) is 0 Å². The zero-order chi connectivity index (χ0) is 8.10. The first-order chi connectivity index (χ1) is 5.33. The van der Waals surface area contributed by atoms with Crippen molar-refractivity contribution < 1.29 is 9.47 Å². The summed E-state index contributed by atoms with van der Waals surface area (Å²) in [6.07, 6.45) is 4.63. The van der Waals surface area contributed by atoms with Crippen LogP contribution in [0, 0.1) is 0 Å². The van der Waals surface area contributed by atoms with Crippen molar-refractivity contribution in [3.05, 3.63) is 0 Å². The van der Waals surface area contributed by atoms with Crippen LogP contribution in [-0.2, 0) is 9.47 Å². The van der Waals surface area contributed by atoms with Crippen LogP contribution in [0.1, 0.15) is 19.8 Å². The molecule has 1 aliphatic rings. The molecule has 1 saturated heterocycles. The summed E-state index contributed by atoms with van der Waals surface area (Å²) in [5, 5.41) is 0. The van der Waals surface area contributed by atoms with Gasteiger partial charge < -0.3 is 9.47 Å². The summed E-state index contributed by atoms with van der Waals surface area (Å²) in [6, 6.07) is 0. The molecule has 0 N–H and O–H groups in total. The first-order valence-electron chi connectivity index (χ1n) is 4.09. The molecule has 0 aromatic carbocycles. The Bertz CT molecular complexity index is 102. The van der Waals surface area contributed by atoms with Gasteiger partial charge in [0.1, 0.15) is 5.44 Å². The minimum Gasteiger partial charge on any atom is -0.381 e. The van der Waals surface area contributed by atoms with Gasteiger partial charge in [-0.3, -0.25) is 0 Å². The van der Waals surface area contributed by atoms with Crippen molar-refractivity contribution in [2.75, 3.05) is 19.5 Å². The molecule has 1 atom stereocenters. The van der Waals surface area contributed by atoms with Crippen molar-refractivity contribution in [1.82, 2.24) is 0 Å². The van der Waals surface area contributed by atoms with Crippen LogP contribution in [0.2, 0.25) is 0 Å². The lowest BCUT2D eigenvalue weighted by molar-refractivity contribution is -0.0368. The van der Waals surface area contributed by atoms with Gasteiger partial charge in [-0.05, 0) is 26.0 Å². The molecule has 0 spiro atoms. The fraction of sp³-hybridized carbons (Fsp3) is 1.00. The van der Waals surface area contributed by atoms with Gasteiger partial charge in [-0.15, -0.1) is 11.8 Å². The largest absolute Gasteiger partial charge is 0.381 e. The highest BCUT2D eigenvalue weighted by Crippen LogP contribution is 2.16. The molecule has 0 saturated carbocycles. The van der Waals surface area contributed by atoms with E-state index in [1.165, 1.54) is 0 Å². The maximum Gasteiger partial charge on any atom is 0.100 e. The predicted molar refractivity (Wildman–Crippen MR) is 47.9 cm³/mol. The number of hydrogen-bond acceptors (Lipinski definition) is 3. The predicted octanol–water partition coefficient (Wildman–Crippen LogP) is 1.89. The normalized spacial score (nSPS) is 23.5. The van der Waals surface area contributed by atoms with Crippen LogP contribution in [0.4, 0.5) is 0 Å². The Morgan fingerprint density at radius 3 is 2.64 bits per heavy atom. The fourth-order valence-corrected chi connectivity index (χ4v) is 1.41. The van der Waals surface area contributed by atoms with E-state index in [0.29, 0.717) is 11.5 Å². The molecule has 1 aliphatic heterocycles. The van der Waals surface area contributed by atoms with Crippen LogP contribution in [-0.4, -0.2) is 31.0 Å². The van der Waals surface area contributed by atoms with E-state index in [1.54, 1.807) is 11.8 Å². The molecule has 1 rings (SSSR count). The van der Waals surface area contributed by atoms with E-state index >= 15 is 0 Å². The zero-order valence-electron chi connectivity index (χ0n) is 7.21. The van der Waals surface area contributed by atoms with E-state index in [4.69, 9.17) is 9.47 Å². The third kappa shape index (κ3) is 3.45. The topological polar surface area (TPSA) is 18.5 Å². The van der Waals surface area contributed by atoms with Crippen LogP contribution >= 0.6 is 11.8 Å². The highest BCUT2D eigenvalue weighted by Gasteiger charge is 2.15. The molecule has 0 bridgehead atoms. The molecule has 11 heavy (non-hydrogen) atoms. The van der Waals surface area contributed by atoms with Crippen LogP contribution in [0.25, 0.3) is 0 Å². The van der Waals surface area contributed by atoms with Gasteiger partial charge in [0.05, 0.1) is 6.10 Å². The van der Waals surface area contributed by atoms with Gasteiger partial charge in [0, 0.05) is 13.2 Å². The van der Waals surface area contributed by atoms with Crippen LogP contribution in [0.15, 0.2) is 0 Å². The van der Waals surface area contributed by atoms with Gasteiger partial charge in [0.25, 0.3) is 0 Å². The Morgan fingerprint density at radius 2 is 2.09 bits per heavy atom. The van der Waals surface area contributed by atoms with E-state index < -0.39 is 0 Å². The highest BCUT2D eigenvalue weighted by atomic mass is 32.2. The van der Waals surface area contributed by atoms with Gasteiger partial charge >= 0.3 is 0 Å². The summed E-state index contributed by atoms with van der Waals surface area (Å²) in [5.74, 6) is 0. The molecular weight excluding hydrogens is 160 g/mol. The average Bonchev–Trinajstić information content (AvgIpc) is 2.06. The molecule has 1 unspecified atom stereocenters. The molecule has 0 radical (unpaired) electrons. The summed E-state index contributed by atoms with van der Waals surface area (Å²) in [4.78, 5) is 0. The minimum atomic E-state index is 0.332. The van der Waals surface area contributed by atoms with Gasteiger partial charge in [-0.25, -0.2) is 0 Å². The molecular formula is C8H16O2S. The first kappa shape index (κ1) is 9.36. The number of hydrogen-bond donors (Lipinski definition) is 0. The van der Waals surface area contributed by atoms with Crippen molar-refractivity contribution in [3.63, 3.8) is 0 Å². The molecule has 3 heteroatoms. The van der Waals surface area contributed by atoms with Crippen LogP contribution < -0.4 is 0 Å². The molecule has 0 aromatic rings.